The summed E-state index contributed by atoms with van der Waals surface area (Å²) >= 11 is 1.65. The topological polar surface area (TPSA) is 98.0 Å². The Hall–Kier alpha value is -3.23. The summed E-state index contributed by atoms with van der Waals surface area (Å²) in [5, 5.41) is 7.56. The molecule has 0 saturated carbocycles. The van der Waals surface area contributed by atoms with E-state index in [0.717, 1.165) is 62.6 Å². The molecule has 0 radical (unpaired) electrons. The van der Waals surface area contributed by atoms with Crippen LogP contribution in [-0.4, -0.2) is 27.1 Å². The van der Waals surface area contributed by atoms with Crippen LogP contribution >= 0.6 is 11.3 Å². The van der Waals surface area contributed by atoms with Gasteiger partial charge in [-0.05, 0) is 44.0 Å². The Balaban J connectivity index is 1.36. The van der Waals surface area contributed by atoms with Crippen molar-refractivity contribution in [2.75, 3.05) is 17.2 Å². The van der Waals surface area contributed by atoms with E-state index in [1.807, 2.05) is 12.1 Å². The molecule has 0 bridgehead atoms. The van der Waals surface area contributed by atoms with Crippen LogP contribution in [0.25, 0.3) is 20.4 Å². The van der Waals surface area contributed by atoms with E-state index >= 15 is 0 Å². The number of hydrogen-bond acceptors (Lipinski definition) is 8. The highest BCUT2D eigenvalue weighted by molar-refractivity contribution is 7.25. The molecule has 3 aromatic heterocycles. The SMILES string of the molecule is C=C(N)Nc1ccc(CCNc2ncnc3c2sc2nc4c(cc23)COC(C)(C)C4)cc1. The zero-order valence-corrected chi connectivity index (χ0v) is 19.1. The van der Waals surface area contributed by atoms with Gasteiger partial charge in [0, 0.05) is 29.6 Å². The van der Waals surface area contributed by atoms with E-state index in [-0.39, 0.29) is 5.60 Å². The molecule has 4 N–H and O–H groups in total. The number of anilines is 2. The van der Waals surface area contributed by atoms with E-state index in [1.165, 1.54) is 5.56 Å². The molecular formula is C24H26N6OS. The first-order valence-electron chi connectivity index (χ1n) is 10.6. The third kappa shape index (κ3) is 4.11. The second-order valence-corrected chi connectivity index (χ2v) is 9.70. The standard InChI is InChI=1S/C24H26N6OS/c1-14(25)29-17-6-4-15(5-7-17)8-9-26-22-21-20(27-13-28-22)18-10-16-12-31-24(2,3)11-19(16)30-23(18)32-21/h4-7,10,13,29H,1,8-9,11-12,25H2,2-3H3,(H,26,27,28). The summed E-state index contributed by atoms with van der Waals surface area (Å²) in [6.07, 6.45) is 3.31. The Morgan fingerprint density at radius 2 is 2.06 bits per heavy atom. The van der Waals surface area contributed by atoms with Crippen molar-refractivity contribution in [2.45, 2.75) is 38.9 Å². The van der Waals surface area contributed by atoms with Crippen molar-refractivity contribution in [3.05, 3.63) is 65.9 Å². The molecule has 0 atom stereocenters. The summed E-state index contributed by atoms with van der Waals surface area (Å²) in [5.41, 5.74) is 10.8. The number of fused-ring (bicyclic) bond motifs is 4. The zero-order chi connectivity index (χ0) is 22.3. The summed E-state index contributed by atoms with van der Waals surface area (Å²) in [6.45, 7) is 9.24. The Bertz CT molecular complexity index is 1310. The van der Waals surface area contributed by atoms with Gasteiger partial charge in [0.1, 0.15) is 17.0 Å². The normalized spacial score (nSPS) is 14.9. The van der Waals surface area contributed by atoms with Crippen molar-refractivity contribution in [1.82, 2.24) is 15.0 Å². The third-order valence-electron chi connectivity index (χ3n) is 5.59. The molecule has 32 heavy (non-hydrogen) atoms. The summed E-state index contributed by atoms with van der Waals surface area (Å²) in [4.78, 5) is 15.0. The van der Waals surface area contributed by atoms with Gasteiger partial charge in [0.2, 0.25) is 0 Å². The van der Waals surface area contributed by atoms with Gasteiger partial charge in [-0.1, -0.05) is 18.7 Å². The molecule has 0 spiro atoms. The number of rotatable bonds is 6. The molecule has 1 aliphatic heterocycles. The van der Waals surface area contributed by atoms with Crippen molar-refractivity contribution < 1.29 is 4.74 Å². The Morgan fingerprint density at radius 1 is 1.25 bits per heavy atom. The molecule has 0 aliphatic carbocycles. The summed E-state index contributed by atoms with van der Waals surface area (Å²) < 4.78 is 7.02. The number of aromatic nitrogens is 3. The predicted molar refractivity (Wildman–Crippen MR) is 131 cm³/mol. The van der Waals surface area contributed by atoms with Gasteiger partial charge in [0.05, 0.1) is 33.9 Å². The van der Waals surface area contributed by atoms with Crippen LogP contribution in [-0.2, 0) is 24.2 Å². The molecular weight excluding hydrogens is 420 g/mol. The van der Waals surface area contributed by atoms with Crippen molar-refractivity contribution in [2.24, 2.45) is 5.73 Å². The maximum absolute atomic E-state index is 5.98. The molecule has 7 nitrogen and oxygen atoms in total. The molecule has 0 saturated heterocycles. The molecule has 4 heterocycles. The van der Waals surface area contributed by atoms with Gasteiger partial charge in [-0.2, -0.15) is 0 Å². The first-order valence-corrected chi connectivity index (χ1v) is 11.4. The van der Waals surface area contributed by atoms with Crippen LogP contribution in [0.5, 0.6) is 0 Å². The van der Waals surface area contributed by atoms with Crippen molar-refractivity contribution in [1.29, 1.82) is 0 Å². The fourth-order valence-electron chi connectivity index (χ4n) is 3.98. The number of hydrogen-bond donors (Lipinski definition) is 3. The molecule has 5 rings (SSSR count). The van der Waals surface area contributed by atoms with E-state index in [9.17, 15) is 0 Å². The molecule has 4 aromatic rings. The minimum absolute atomic E-state index is 0.177. The quantitative estimate of drug-likeness (QED) is 0.398. The first kappa shape index (κ1) is 20.7. The van der Waals surface area contributed by atoms with E-state index in [0.29, 0.717) is 12.4 Å². The molecule has 1 aliphatic rings. The van der Waals surface area contributed by atoms with Crippen LogP contribution in [0.4, 0.5) is 11.5 Å². The van der Waals surface area contributed by atoms with Gasteiger partial charge in [-0.15, -0.1) is 11.3 Å². The summed E-state index contributed by atoms with van der Waals surface area (Å²) in [5.74, 6) is 1.28. The Labute approximate surface area is 190 Å². The highest BCUT2D eigenvalue weighted by Gasteiger charge is 2.28. The Kier molecular flexibility index (Phi) is 5.19. The van der Waals surface area contributed by atoms with E-state index in [2.05, 4.69) is 59.2 Å². The second kappa shape index (κ2) is 8.03. The van der Waals surface area contributed by atoms with Crippen LogP contribution in [0.2, 0.25) is 0 Å². The van der Waals surface area contributed by atoms with E-state index in [1.54, 1.807) is 17.7 Å². The fourth-order valence-corrected chi connectivity index (χ4v) is 5.07. The average molecular weight is 447 g/mol. The van der Waals surface area contributed by atoms with Gasteiger partial charge in [0.25, 0.3) is 0 Å². The van der Waals surface area contributed by atoms with Gasteiger partial charge in [-0.25, -0.2) is 15.0 Å². The lowest BCUT2D eigenvalue weighted by atomic mass is 9.95. The first-order chi connectivity index (χ1) is 15.4. The van der Waals surface area contributed by atoms with Gasteiger partial charge in [-0.3, -0.25) is 0 Å². The fraction of sp³-hybridized carbons (Fsp3) is 0.292. The number of nitrogens with one attached hydrogen (secondary N) is 2. The summed E-state index contributed by atoms with van der Waals surface area (Å²) in [7, 11) is 0. The Morgan fingerprint density at radius 3 is 2.84 bits per heavy atom. The van der Waals surface area contributed by atoms with Crippen LogP contribution in [0, 0.1) is 0 Å². The predicted octanol–water partition coefficient (Wildman–Crippen LogP) is 4.59. The molecule has 0 unspecified atom stereocenters. The minimum atomic E-state index is -0.177. The number of benzene rings is 1. The van der Waals surface area contributed by atoms with Crippen LogP contribution in [0.1, 0.15) is 30.7 Å². The van der Waals surface area contributed by atoms with Crippen LogP contribution in [0.3, 0.4) is 0 Å². The largest absolute Gasteiger partial charge is 0.386 e. The van der Waals surface area contributed by atoms with Gasteiger partial charge < -0.3 is 21.1 Å². The van der Waals surface area contributed by atoms with Crippen molar-refractivity contribution >= 4 is 43.3 Å². The molecule has 1 aromatic carbocycles. The van der Waals surface area contributed by atoms with Crippen molar-refractivity contribution in [3.63, 3.8) is 0 Å². The minimum Gasteiger partial charge on any atom is -0.386 e. The smallest absolute Gasteiger partial charge is 0.147 e. The molecule has 164 valence electrons. The van der Waals surface area contributed by atoms with Crippen LogP contribution in [0.15, 0.2) is 49.1 Å². The maximum Gasteiger partial charge on any atom is 0.147 e. The number of nitrogens with zero attached hydrogens (tertiary/aromatic N) is 3. The van der Waals surface area contributed by atoms with Crippen molar-refractivity contribution in [3.8, 4) is 0 Å². The molecule has 8 heteroatoms. The molecule has 0 amide bonds. The van der Waals surface area contributed by atoms with Crippen LogP contribution < -0.4 is 16.4 Å². The van der Waals surface area contributed by atoms with Gasteiger partial charge >= 0.3 is 0 Å². The lowest BCUT2D eigenvalue weighted by Crippen LogP contribution is -2.32. The second-order valence-electron chi connectivity index (χ2n) is 8.70. The maximum atomic E-state index is 5.98. The highest BCUT2D eigenvalue weighted by Crippen LogP contribution is 2.37. The highest BCUT2D eigenvalue weighted by atomic mass is 32.1. The van der Waals surface area contributed by atoms with E-state index in [4.69, 9.17) is 15.5 Å². The lowest BCUT2D eigenvalue weighted by molar-refractivity contribution is -0.0411. The number of ether oxygens (including phenoxy) is 1. The average Bonchev–Trinajstić information content (AvgIpc) is 3.11. The van der Waals surface area contributed by atoms with Gasteiger partial charge in [0.15, 0.2) is 0 Å². The number of pyridine rings is 1. The third-order valence-corrected chi connectivity index (χ3v) is 6.69. The van der Waals surface area contributed by atoms with E-state index < -0.39 is 0 Å². The monoisotopic (exact) mass is 446 g/mol. The lowest BCUT2D eigenvalue weighted by Gasteiger charge is -2.30. The number of thiophene rings is 1. The number of nitrogens with two attached hydrogens (primary N) is 1. The molecule has 0 fully saturated rings. The summed E-state index contributed by atoms with van der Waals surface area (Å²) in [6, 6.07) is 10.4. The zero-order valence-electron chi connectivity index (χ0n) is 18.2.